The number of nitro benzene ring substituents is 1. The highest BCUT2D eigenvalue weighted by Gasteiger charge is 2.11. The molecule has 104 valence electrons. The Balaban J connectivity index is 2.11. The molecule has 2 aromatic rings. The normalized spacial score (nSPS) is 10.3. The van der Waals surface area contributed by atoms with Gasteiger partial charge >= 0.3 is 0 Å². The number of hydrogen-bond donors (Lipinski definition) is 1. The average Bonchev–Trinajstić information content (AvgIpc) is 2.37. The summed E-state index contributed by atoms with van der Waals surface area (Å²) < 4.78 is 2.22. The molecule has 0 aliphatic heterocycles. The first-order valence-corrected chi connectivity index (χ1v) is 7.83. The van der Waals surface area contributed by atoms with Crippen molar-refractivity contribution in [1.82, 2.24) is 4.98 Å². The molecule has 0 saturated carbocycles. The van der Waals surface area contributed by atoms with Crippen LogP contribution in [0.15, 0.2) is 43.9 Å². The third-order valence-electron chi connectivity index (χ3n) is 2.49. The Kier molecular flexibility index (Phi) is 5.11. The van der Waals surface area contributed by atoms with Gasteiger partial charge in [0.25, 0.3) is 5.69 Å². The molecule has 0 amide bonds. The minimum atomic E-state index is -0.430. The number of nitrogens with one attached hydrogen (secondary N) is 1. The van der Waals surface area contributed by atoms with Crippen molar-refractivity contribution in [2.45, 2.75) is 6.54 Å². The van der Waals surface area contributed by atoms with Crippen molar-refractivity contribution >= 4 is 59.2 Å². The molecule has 2 rings (SSSR count). The number of hydrogen-bond acceptors (Lipinski definition) is 4. The standard InChI is InChI=1S/C12H8Br3N3O2/c13-7-3-9(14)11(17-5-7)6-16-8-1-2-12(18(19)20)10(15)4-8/h1-5,16H,6H2. The van der Waals surface area contributed by atoms with E-state index in [9.17, 15) is 10.1 Å². The van der Waals surface area contributed by atoms with Crippen LogP contribution >= 0.6 is 47.8 Å². The highest BCUT2D eigenvalue weighted by molar-refractivity contribution is 9.11. The van der Waals surface area contributed by atoms with Crippen LogP contribution in [0.2, 0.25) is 0 Å². The van der Waals surface area contributed by atoms with Gasteiger partial charge in [0.15, 0.2) is 0 Å². The zero-order valence-electron chi connectivity index (χ0n) is 9.94. The molecule has 20 heavy (non-hydrogen) atoms. The monoisotopic (exact) mass is 463 g/mol. The number of pyridine rings is 1. The fourth-order valence-electron chi connectivity index (χ4n) is 1.52. The lowest BCUT2D eigenvalue weighted by Gasteiger charge is -2.08. The van der Waals surface area contributed by atoms with Gasteiger partial charge in [-0.3, -0.25) is 15.1 Å². The van der Waals surface area contributed by atoms with Crippen molar-refractivity contribution in [1.29, 1.82) is 0 Å². The zero-order valence-corrected chi connectivity index (χ0v) is 14.7. The quantitative estimate of drug-likeness (QED) is 0.515. The van der Waals surface area contributed by atoms with E-state index in [0.29, 0.717) is 11.0 Å². The second kappa shape index (κ2) is 6.64. The van der Waals surface area contributed by atoms with Crippen LogP contribution in [0.4, 0.5) is 11.4 Å². The third-order valence-corrected chi connectivity index (χ3v) is 4.24. The molecule has 0 unspecified atom stereocenters. The first kappa shape index (κ1) is 15.4. The van der Waals surface area contributed by atoms with Crippen molar-refractivity contribution in [3.63, 3.8) is 0 Å². The van der Waals surface area contributed by atoms with Gasteiger partial charge in [-0.15, -0.1) is 0 Å². The van der Waals surface area contributed by atoms with E-state index < -0.39 is 4.92 Å². The van der Waals surface area contributed by atoms with Gasteiger partial charge in [0.1, 0.15) is 0 Å². The summed E-state index contributed by atoms with van der Waals surface area (Å²) in [6, 6.07) is 6.70. The molecule has 0 radical (unpaired) electrons. The maximum Gasteiger partial charge on any atom is 0.283 e. The Labute approximate surface area is 140 Å². The average molecular weight is 466 g/mol. The molecule has 0 bridgehead atoms. The van der Waals surface area contributed by atoms with E-state index in [4.69, 9.17) is 0 Å². The smallest absolute Gasteiger partial charge is 0.283 e. The van der Waals surface area contributed by atoms with Gasteiger partial charge in [0.05, 0.1) is 21.6 Å². The van der Waals surface area contributed by atoms with Gasteiger partial charge in [-0.2, -0.15) is 0 Å². The van der Waals surface area contributed by atoms with Crippen LogP contribution in [0.1, 0.15) is 5.69 Å². The summed E-state index contributed by atoms with van der Waals surface area (Å²) in [6.07, 6.45) is 1.72. The first-order valence-electron chi connectivity index (χ1n) is 5.45. The Hall–Kier alpha value is -0.990. The summed E-state index contributed by atoms with van der Waals surface area (Å²) in [4.78, 5) is 14.6. The maximum absolute atomic E-state index is 10.7. The van der Waals surface area contributed by atoms with Gasteiger partial charge in [-0.25, -0.2) is 0 Å². The minimum absolute atomic E-state index is 0.0403. The number of rotatable bonds is 4. The lowest BCUT2D eigenvalue weighted by atomic mass is 10.2. The van der Waals surface area contributed by atoms with Crippen molar-refractivity contribution in [2.75, 3.05) is 5.32 Å². The molecule has 0 atom stereocenters. The number of nitro groups is 1. The van der Waals surface area contributed by atoms with Crippen LogP contribution in [0, 0.1) is 10.1 Å². The topological polar surface area (TPSA) is 68.1 Å². The van der Waals surface area contributed by atoms with Crippen molar-refractivity contribution in [3.05, 3.63) is 59.7 Å². The molecule has 1 heterocycles. The molecule has 0 fully saturated rings. The summed E-state index contributed by atoms with van der Waals surface area (Å²) in [5.74, 6) is 0. The van der Waals surface area contributed by atoms with Crippen molar-refractivity contribution < 1.29 is 4.92 Å². The zero-order chi connectivity index (χ0) is 14.7. The summed E-state index contributed by atoms with van der Waals surface area (Å²) in [5.41, 5.74) is 1.67. The molecular weight excluding hydrogens is 458 g/mol. The Morgan fingerprint density at radius 2 is 1.95 bits per heavy atom. The summed E-state index contributed by atoms with van der Waals surface area (Å²) >= 11 is 9.96. The maximum atomic E-state index is 10.7. The molecule has 0 aliphatic carbocycles. The van der Waals surface area contributed by atoms with Crippen LogP contribution in [-0.4, -0.2) is 9.91 Å². The fraction of sp³-hybridized carbons (Fsp3) is 0.0833. The summed E-state index contributed by atoms with van der Waals surface area (Å²) in [5, 5.41) is 13.9. The third kappa shape index (κ3) is 3.77. The minimum Gasteiger partial charge on any atom is -0.379 e. The number of benzene rings is 1. The van der Waals surface area contributed by atoms with E-state index in [1.165, 1.54) is 6.07 Å². The second-order valence-electron chi connectivity index (χ2n) is 3.86. The van der Waals surface area contributed by atoms with E-state index in [1.807, 2.05) is 6.07 Å². The highest BCUT2D eigenvalue weighted by Crippen LogP contribution is 2.28. The SMILES string of the molecule is O=[N+]([O-])c1ccc(NCc2ncc(Br)cc2Br)cc1Br. The van der Waals surface area contributed by atoms with E-state index in [1.54, 1.807) is 18.3 Å². The molecule has 0 aliphatic rings. The number of nitrogens with zero attached hydrogens (tertiary/aromatic N) is 2. The second-order valence-corrected chi connectivity index (χ2v) is 6.48. The number of aromatic nitrogens is 1. The van der Waals surface area contributed by atoms with E-state index in [-0.39, 0.29) is 5.69 Å². The fourth-order valence-corrected chi connectivity index (χ4v) is 3.17. The lowest BCUT2D eigenvalue weighted by Crippen LogP contribution is -2.03. The molecule has 1 N–H and O–H groups in total. The van der Waals surface area contributed by atoms with Gasteiger partial charge in [-0.05, 0) is 66.0 Å². The van der Waals surface area contributed by atoms with E-state index in [0.717, 1.165) is 20.3 Å². The molecule has 0 saturated heterocycles. The molecule has 1 aromatic carbocycles. The molecule has 0 spiro atoms. The summed E-state index contributed by atoms with van der Waals surface area (Å²) in [6.45, 7) is 0.512. The van der Waals surface area contributed by atoms with Crippen molar-refractivity contribution in [3.8, 4) is 0 Å². The number of halogens is 3. The van der Waals surface area contributed by atoms with Crippen LogP contribution in [0.25, 0.3) is 0 Å². The summed E-state index contributed by atoms with van der Waals surface area (Å²) in [7, 11) is 0. The van der Waals surface area contributed by atoms with Gasteiger partial charge < -0.3 is 5.32 Å². The number of anilines is 1. The highest BCUT2D eigenvalue weighted by atomic mass is 79.9. The Morgan fingerprint density at radius 1 is 1.20 bits per heavy atom. The van der Waals surface area contributed by atoms with Gasteiger partial charge in [0, 0.05) is 26.9 Å². The molecular formula is C12H8Br3N3O2. The van der Waals surface area contributed by atoms with Crippen LogP contribution in [-0.2, 0) is 6.54 Å². The van der Waals surface area contributed by atoms with Crippen molar-refractivity contribution in [2.24, 2.45) is 0 Å². The molecule has 5 nitrogen and oxygen atoms in total. The van der Waals surface area contributed by atoms with E-state index in [2.05, 4.69) is 58.1 Å². The molecule has 8 heteroatoms. The van der Waals surface area contributed by atoms with Gasteiger partial charge in [0.2, 0.25) is 0 Å². The lowest BCUT2D eigenvalue weighted by molar-refractivity contribution is -0.385. The Bertz CT molecular complexity index is 664. The van der Waals surface area contributed by atoms with E-state index >= 15 is 0 Å². The van der Waals surface area contributed by atoms with Crippen LogP contribution in [0.5, 0.6) is 0 Å². The van der Waals surface area contributed by atoms with Crippen LogP contribution < -0.4 is 5.32 Å². The Morgan fingerprint density at radius 3 is 2.55 bits per heavy atom. The predicted molar refractivity (Wildman–Crippen MR) is 87.8 cm³/mol. The molecule has 1 aromatic heterocycles. The van der Waals surface area contributed by atoms with Crippen LogP contribution in [0.3, 0.4) is 0 Å². The van der Waals surface area contributed by atoms with Gasteiger partial charge in [-0.1, -0.05) is 0 Å². The first-order chi connectivity index (χ1) is 9.47. The predicted octanol–water partition coefficient (Wildman–Crippen LogP) is 4.89. The largest absolute Gasteiger partial charge is 0.379 e.